The zero-order valence-electron chi connectivity index (χ0n) is 11.8. The first-order valence-electron chi connectivity index (χ1n) is 6.99. The van der Waals surface area contributed by atoms with E-state index in [2.05, 4.69) is 0 Å². The number of halogens is 1. The van der Waals surface area contributed by atoms with Gasteiger partial charge in [0, 0.05) is 0 Å². The SMILES string of the molecule is O=C1c2ccccc2C(=O)N1CC(F)/C=C/c1ccccc1. The molecule has 4 heteroatoms. The van der Waals surface area contributed by atoms with Crippen molar-refractivity contribution in [1.82, 2.24) is 4.90 Å². The van der Waals surface area contributed by atoms with Crippen LogP contribution in [-0.2, 0) is 0 Å². The van der Waals surface area contributed by atoms with E-state index < -0.39 is 18.0 Å². The van der Waals surface area contributed by atoms with Gasteiger partial charge >= 0.3 is 0 Å². The minimum atomic E-state index is -1.40. The molecule has 110 valence electrons. The number of carbonyl (C=O) groups excluding carboxylic acids is 2. The molecule has 0 saturated heterocycles. The van der Waals surface area contributed by atoms with Crippen LogP contribution in [0, 0.1) is 0 Å². The Bertz CT molecular complexity index is 705. The molecular weight excluding hydrogens is 281 g/mol. The van der Waals surface area contributed by atoms with Crippen molar-refractivity contribution in [2.45, 2.75) is 6.17 Å². The quantitative estimate of drug-likeness (QED) is 0.811. The van der Waals surface area contributed by atoms with E-state index in [-0.39, 0.29) is 6.54 Å². The van der Waals surface area contributed by atoms with Crippen molar-refractivity contribution < 1.29 is 14.0 Å². The normalized spacial score (nSPS) is 15.4. The molecule has 2 aromatic carbocycles. The highest BCUT2D eigenvalue weighted by Gasteiger charge is 2.35. The van der Waals surface area contributed by atoms with Crippen molar-refractivity contribution >= 4 is 17.9 Å². The van der Waals surface area contributed by atoms with E-state index in [1.165, 1.54) is 6.08 Å². The van der Waals surface area contributed by atoms with Crippen LogP contribution in [0.3, 0.4) is 0 Å². The van der Waals surface area contributed by atoms with Crippen LogP contribution in [-0.4, -0.2) is 29.4 Å². The molecule has 22 heavy (non-hydrogen) atoms. The molecule has 0 bridgehead atoms. The largest absolute Gasteiger partial charge is 0.271 e. The van der Waals surface area contributed by atoms with Crippen molar-refractivity contribution in [2.24, 2.45) is 0 Å². The molecule has 1 aliphatic rings. The number of fused-ring (bicyclic) bond motifs is 1. The summed E-state index contributed by atoms with van der Waals surface area (Å²) < 4.78 is 14.1. The molecule has 2 aromatic rings. The Labute approximate surface area is 127 Å². The van der Waals surface area contributed by atoms with Crippen LogP contribution in [0.5, 0.6) is 0 Å². The Kier molecular flexibility index (Phi) is 3.83. The molecule has 0 N–H and O–H groups in total. The Balaban J connectivity index is 1.71. The van der Waals surface area contributed by atoms with Gasteiger partial charge in [-0.1, -0.05) is 48.5 Å². The molecule has 3 nitrogen and oxygen atoms in total. The molecule has 0 aliphatic carbocycles. The van der Waals surface area contributed by atoms with Crippen LogP contribution in [0.25, 0.3) is 6.08 Å². The lowest BCUT2D eigenvalue weighted by Gasteiger charge is -2.14. The Morgan fingerprint density at radius 2 is 1.45 bits per heavy atom. The third-order valence-corrected chi connectivity index (χ3v) is 3.53. The van der Waals surface area contributed by atoms with Crippen LogP contribution in [0.1, 0.15) is 26.3 Å². The van der Waals surface area contributed by atoms with Gasteiger partial charge in [0.25, 0.3) is 11.8 Å². The van der Waals surface area contributed by atoms with Crippen molar-refractivity contribution in [2.75, 3.05) is 6.54 Å². The fourth-order valence-corrected chi connectivity index (χ4v) is 2.42. The van der Waals surface area contributed by atoms with Crippen molar-refractivity contribution in [3.05, 3.63) is 77.4 Å². The smallest absolute Gasteiger partial charge is 0.261 e. The first kappa shape index (κ1) is 14.2. The number of hydrogen-bond acceptors (Lipinski definition) is 2. The maximum absolute atomic E-state index is 14.1. The molecule has 1 atom stereocenters. The fourth-order valence-electron chi connectivity index (χ4n) is 2.42. The third-order valence-electron chi connectivity index (χ3n) is 3.53. The lowest BCUT2D eigenvalue weighted by Crippen LogP contribution is -2.34. The Morgan fingerprint density at radius 1 is 0.909 bits per heavy atom. The first-order valence-corrected chi connectivity index (χ1v) is 6.99. The highest BCUT2D eigenvalue weighted by molar-refractivity contribution is 6.21. The van der Waals surface area contributed by atoms with Gasteiger partial charge in [0.15, 0.2) is 0 Å². The highest BCUT2D eigenvalue weighted by atomic mass is 19.1. The molecule has 1 heterocycles. The maximum Gasteiger partial charge on any atom is 0.261 e. The first-order chi connectivity index (χ1) is 10.7. The molecule has 0 radical (unpaired) electrons. The molecule has 2 amide bonds. The number of alkyl halides is 1. The minimum absolute atomic E-state index is 0.268. The lowest BCUT2D eigenvalue weighted by molar-refractivity contribution is 0.0627. The van der Waals surface area contributed by atoms with E-state index in [4.69, 9.17) is 0 Å². The van der Waals surface area contributed by atoms with E-state index in [9.17, 15) is 14.0 Å². The average molecular weight is 295 g/mol. The van der Waals surface area contributed by atoms with Gasteiger partial charge in [-0.05, 0) is 23.8 Å². The van der Waals surface area contributed by atoms with Gasteiger partial charge in [-0.25, -0.2) is 4.39 Å². The third kappa shape index (κ3) is 2.68. The second kappa shape index (κ2) is 5.93. The van der Waals surface area contributed by atoms with E-state index in [1.54, 1.807) is 30.3 Å². The highest BCUT2D eigenvalue weighted by Crippen LogP contribution is 2.23. The van der Waals surface area contributed by atoms with Gasteiger partial charge in [0.05, 0.1) is 17.7 Å². The second-order valence-corrected chi connectivity index (χ2v) is 5.05. The molecular formula is C18H14FNO2. The number of nitrogens with zero attached hydrogens (tertiary/aromatic N) is 1. The number of benzene rings is 2. The average Bonchev–Trinajstić information content (AvgIpc) is 2.79. The molecule has 1 unspecified atom stereocenters. The molecule has 0 fully saturated rings. The van der Waals surface area contributed by atoms with E-state index in [0.717, 1.165) is 10.5 Å². The summed E-state index contributed by atoms with van der Waals surface area (Å²) in [4.78, 5) is 25.2. The van der Waals surface area contributed by atoms with E-state index in [0.29, 0.717) is 11.1 Å². The Morgan fingerprint density at radius 3 is 2.05 bits per heavy atom. The standard InChI is InChI=1S/C18H14FNO2/c19-14(11-10-13-6-2-1-3-7-13)12-20-17(21)15-8-4-5-9-16(15)18(20)22/h1-11,14H,12H2/b11-10+. The van der Waals surface area contributed by atoms with Gasteiger partial charge < -0.3 is 0 Å². The van der Waals surface area contributed by atoms with Gasteiger partial charge in [-0.2, -0.15) is 0 Å². The zero-order valence-corrected chi connectivity index (χ0v) is 11.8. The summed E-state index contributed by atoms with van der Waals surface area (Å²) in [5, 5.41) is 0. The molecule has 0 aromatic heterocycles. The van der Waals surface area contributed by atoms with Crippen LogP contribution in [0.4, 0.5) is 4.39 Å². The summed E-state index contributed by atoms with van der Waals surface area (Å²) in [6, 6.07) is 15.9. The molecule has 0 spiro atoms. The van der Waals surface area contributed by atoms with Crippen LogP contribution in [0.15, 0.2) is 60.7 Å². The number of rotatable bonds is 4. The van der Waals surface area contributed by atoms with Crippen LogP contribution >= 0.6 is 0 Å². The van der Waals surface area contributed by atoms with Crippen LogP contribution < -0.4 is 0 Å². The summed E-state index contributed by atoms with van der Waals surface area (Å²) in [5.74, 6) is -0.868. The number of carbonyl (C=O) groups is 2. The summed E-state index contributed by atoms with van der Waals surface area (Å²) in [7, 11) is 0. The van der Waals surface area contributed by atoms with Gasteiger partial charge in [0.2, 0.25) is 0 Å². The number of hydrogen-bond donors (Lipinski definition) is 0. The molecule has 1 aliphatic heterocycles. The zero-order chi connectivity index (χ0) is 15.5. The number of imide groups is 1. The van der Waals surface area contributed by atoms with Gasteiger partial charge in [-0.3, -0.25) is 14.5 Å². The molecule has 3 rings (SSSR count). The Hall–Kier alpha value is -2.75. The number of amides is 2. The summed E-state index contributed by atoms with van der Waals surface area (Å²) >= 11 is 0. The monoisotopic (exact) mass is 295 g/mol. The molecule has 0 saturated carbocycles. The summed E-state index contributed by atoms with van der Waals surface area (Å²) in [5.41, 5.74) is 1.55. The van der Waals surface area contributed by atoms with Gasteiger partial charge in [0.1, 0.15) is 6.17 Å². The predicted octanol–water partition coefficient (Wildman–Crippen LogP) is 3.33. The van der Waals surface area contributed by atoms with E-state index in [1.807, 2.05) is 30.3 Å². The topological polar surface area (TPSA) is 37.4 Å². The van der Waals surface area contributed by atoms with Crippen molar-refractivity contribution in [1.29, 1.82) is 0 Å². The van der Waals surface area contributed by atoms with Crippen molar-refractivity contribution in [3.63, 3.8) is 0 Å². The van der Waals surface area contributed by atoms with Crippen LogP contribution in [0.2, 0.25) is 0 Å². The predicted molar refractivity (Wildman–Crippen MR) is 82.2 cm³/mol. The summed E-state index contributed by atoms with van der Waals surface area (Å²) in [6.07, 6.45) is 1.60. The summed E-state index contributed by atoms with van der Waals surface area (Å²) in [6.45, 7) is -0.268. The van der Waals surface area contributed by atoms with E-state index >= 15 is 0 Å². The fraction of sp³-hybridized carbons (Fsp3) is 0.111. The lowest BCUT2D eigenvalue weighted by atomic mass is 10.1. The minimum Gasteiger partial charge on any atom is -0.271 e. The van der Waals surface area contributed by atoms with Crippen molar-refractivity contribution in [3.8, 4) is 0 Å². The maximum atomic E-state index is 14.1. The second-order valence-electron chi connectivity index (χ2n) is 5.05. The van der Waals surface area contributed by atoms with Gasteiger partial charge in [-0.15, -0.1) is 0 Å².